The molecule has 0 aromatic heterocycles. The third kappa shape index (κ3) is 5.08. The zero-order valence-electron chi connectivity index (χ0n) is 22.0. The Labute approximate surface area is 219 Å². The van der Waals surface area contributed by atoms with Gasteiger partial charge in [0, 0.05) is 23.7 Å². The Hall–Kier alpha value is -3.75. The number of aryl methyl sites for hydroxylation is 1. The highest BCUT2D eigenvalue weighted by atomic mass is 16.5. The maximum atomic E-state index is 10.1. The van der Waals surface area contributed by atoms with Crippen molar-refractivity contribution in [2.75, 3.05) is 19.7 Å². The first kappa shape index (κ1) is 24.9. The number of nitrogens with zero attached hydrogens (tertiary/aromatic N) is 2. The molecule has 1 saturated heterocycles. The Balaban J connectivity index is 1.44. The van der Waals surface area contributed by atoms with Crippen LogP contribution in [0.2, 0.25) is 0 Å². The third-order valence-corrected chi connectivity index (χ3v) is 7.68. The molecule has 1 N–H and O–H groups in total. The Morgan fingerprint density at radius 2 is 1.86 bits per heavy atom. The molecule has 37 heavy (non-hydrogen) atoms. The van der Waals surface area contributed by atoms with Crippen LogP contribution in [-0.4, -0.2) is 35.7 Å². The number of hydrogen-bond acceptors (Lipinski definition) is 5. The van der Waals surface area contributed by atoms with Gasteiger partial charge < -0.3 is 14.6 Å². The lowest BCUT2D eigenvalue weighted by Crippen LogP contribution is -2.35. The van der Waals surface area contributed by atoms with E-state index in [0.717, 1.165) is 63.9 Å². The third-order valence-electron chi connectivity index (χ3n) is 7.68. The summed E-state index contributed by atoms with van der Waals surface area (Å²) in [6.45, 7) is 11.6. The molecule has 5 nitrogen and oxygen atoms in total. The molecule has 3 atom stereocenters. The minimum atomic E-state index is -0.331. The Kier molecular flexibility index (Phi) is 6.95. The molecule has 2 aliphatic heterocycles. The summed E-state index contributed by atoms with van der Waals surface area (Å²) in [5.41, 5.74) is 6.64. The van der Waals surface area contributed by atoms with E-state index >= 15 is 0 Å². The molecule has 0 amide bonds. The number of phenols is 1. The fraction of sp³-hybridized carbons (Fsp3) is 0.344. The van der Waals surface area contributed by atoms with Crippen molar-refractivity contribution in [2.45, 2.75) is 46.3 Å². The first-order valence-corrected chi connectivity index (χ1v) is 13.0. The number of likely N-dealkylation sites (tertiary alicyclic amines) is 1. The molecule has 0 saturated carbocycles. The first-order chi connectivity index (χ1) is 17.8. The Bertz CT molecular complexity index is 1370. The Morgan fingerprint density at radius 1 is 1.08 bits per heavy atom. The lowest BCUT2D eigenvalue weighted by molar-refractivity contribution is 0.169. The molecule has 3 aromatic carbocycles. The van der Waals surface area contributed by atoms with Gasteiger partial charge in [0.2, 0.25) is 0 Å². The van der Waals surface area contributed by atoms with Crippen molar-refractivity contribution in [2.24, 2.45) is 5.92 Å². The maximum absolute atomic E-state index is 10.1. The molecular weight excluding hydrogens is 460 g/mol. The molecule has 5 rings (SSSR count). The number of ether oxygens (including phenoxy) is 2. The van der Waals surface area contributed by atoms with Crippen LogP contribution in [0.4, 0.5) is 0 Å². The van der Waals surface area contributed by atoms with Crippen molar-refractivity contribution in [1.29, 1.82) is 5.26 Å². The van der Waals surface area contributed by atoms with E-state index in [0.29, 0.717) is 18.2 Å². The maximum Gasteiger partial charge on any atom is 0.150 e. The van der Waals surface area contributed by atoms with Gasteiger partial charge in [-0.05, 0) is 104 Å². The molecule has 190 valence electrons. The monoisotopic (exact) mass is 494 g/mol. The second-order valence-corrected chi connectivity index (χ2v) is 10.5. The fourth-order valence-electron chi connectivity index (χ4n) is 5.49. The molecule has 3 aromatic rings. The number of rotatable bonds is 6. The fourth-order valence-corrected chi connectivity index (χ4v) is 5.49. The smallest absolute Gasteiger partial charge is 0.150 e. The van der Waals surface area contributed by atoms with Crippen molar-refractivity contribution >= 4 is 11.1 Å². The molecule has 1 fully saturated rings. The predicted octanol–water partition coefficient (Wildman–Crippen LogP) is 6.75. The first-order valence-electron chi connectivity index (χ1n) is 13.0. The van der Waals surface area contributed by atoms with E-state index in [9.17, 15) is 10.4 Å². The number of fused-ring (bicyclic) bond motifs is 1. The zero-order valence-corrected chi connectivity index (χ0v) is 22.0. The van der Waals surface area contributed by atoms with Crippen LogP contribution < -0.4 is 9.47 Å². The molecule has 0 bridgehead atoms. The Morgan fingerprint density at radius 3 is 2.54 bits per heavy atom. The van der Waals surface area contributed by atoms with Crippen LogP contribution in [0.25, 0.3) is 11.1 Å². The summed E-state index contributed by atoms with van der Waals surface area (Å²) in [6, 6.07) is 21.8. The normalized spacial score (nSPS) is 20.2. The van der Waals surface area contributed by atoms with Gasteiger partial charge in [0.1, 0.15) is 30.0 Å². The van der Waals surface area contributed by atoms with Gasteiger partial charge in [-0.25, -0.2) is 0 Å². The number of aromatic hydroxyl groups is 1. The SMILES string of the molecule is CC1=C(c2ccc(C#N)cc2C)C(c2ccc(OC[C@H](C)N3CC[C@@H](C)C3)cc2)Oc2ccc(O)cc21. The van der Waals surface area contributed by atoms with Gasteiger partial charge in [-0.2, -0.15) is 5.26 Å². The van der Waals surface area contributed by atoms with E-state index in [4.69, 9.17) is 9.47 Å². The predicted molar refractivity (Wildman–Crippen MR) is 147 cm³/mol. The number of benzene rings is 3. The van der Waals surface area contributed by atoms with E-state index in [1.807, 2.05) is 43.3 Å². The second-order valence-electron chi connectivity index (χ2n) is 10.5. The van der Waals surface area contributed by atoms with Gasteiger partial charge in [-0.15, -0.1) is 0 Å². The van der Waals surface area contributed by atoms with Crippen LogP contribution in [0.1, 0.15) is 61.1 Å². The van der Waals surface area contributed by atoms with Crippen LogP contribution in [0.5, 0.6) is 17.2 Å². The lowest BCUT2D eigenvalue weighted by atomic mass is 9.84. The largest absolute Gasteiger partial charge is 0.508 e. The molecule has 2 aliphatic rings. The standard InChI is InChI=1S/C32H34N2O3/c1-20-13-14-34(18-20)22(3)19-36-27-9-6-25(7-10-27)32-31(28-11-5-24(17-33)15-21(28)2)23(4)29-16-26(35)8-12-30(29)37-32/h5-12,15-16,20,22,32,35H,13-14,18-19H2,1-4H3/t20-,22+,32?/m1/s1. The summed E-state index contributed by atoms with van der Waals surface area (Å²) < 4.78 is 12.7. The van der Waals surface area contributed by atoms with Gasteiger partial charge in [-0.3, -0.25) is 4.90 Å². The minimum Gasteiger partial charge on any atom is -0.508 e. The van der Waals surface area contributed by atoms with Crippen molar-refractivity contribution in [3.05, 3.63) is 88.5 Å². The number of phenolic OH excluding ortho intramolecular Hbond substituents is 1. The number of hydrogen-bond donors (Lipinski definition) is 1. The number of nitriles is 1. The topological polar surface area (TPSA) is 65.7 Å². The average Bonchev–Trinajstić information content (AvgIpc) is 3.34. The van der Waals surface area contributed by atoms with Gasteiger partial charge in [-0.1, -0.05) is 25.1 Å². The van der Waals surface area contributed by atoms with Crippen molar-refractivity contribution in [3.63, 3.8) is 0 Å². The van der Waals surface area contributed by atoms with Gasteiger partial charge in [0.15, 0.2) is 0 Å². The second kappa shape index (κ2) is 10.3. The number of allylic oxidation sites excluding steroid dienone is 1. The van der Waals surface area contributed by atoms with Gasteiger partial charge in [0.25, 0.3) is 0 Å². The van der Waals surface area contributed by atoms with Crippen LogP contribution >= 0.6 is 0 Å². The van der Waals surface area contributed by atoms with E-state index < -0.39 is 0 Å². The molecule has 1 unspecified atom stereocenters. The summed E-state index contributed by atoms with van der Waals surface area (Å²) >= 11 is 0. The van der Waals surface area contributed by atoms with Crippen LogP contribution in [0.15, 0.2) is 60.7 Å². The van der Waals surface area contributed by atoms with E-state index in [-0.39, 0.29) is 11.9 Å². The molecule has 2 heterocycles. The van der Waals surface area contributed by atoms with Crippen molar-refractivity contribution in [1.82, 2.24) is 4.90 Å². The molecule has 5 heteroatoms. The zero-order chi connectivity index (χ0) is 26.1. The minimum absolute atomic E-state index is 0.204. The summed E-state index contributed by atoms with van der Waals surface area (Å²) in [5.74, 6) is 2.55. The summed E-state index contributed by atoms with van der Waals surface area (Å²) in [6.07, 6.45) is 0.930. The molecular formula is C32H34N2O3. The van der Waals surface area contributed by atoms with Crippen LogP contribution in [0.3, 0.4) is 0 Å². The highest BCUT2D eigenvalue weighted by molar-refractivity contribution is 5.96. The van der Waals surface area contributed by atoms with Crippen LogP contribution in [-0.2, 0) is 0 Å². The van der Waals surface area contributed by atoms with E-state index in [1.165, 1.54) is 6.42 Å². The van der Waals surface area contributed by atoms with E-state index in [1.54, 1.807) is 12.1 Å². The average molecular weight is 495 g/mol. The summed E-state index contributed by atoms with van der Waals surface area (Å²) in [7, 11) is 0. The van der Waals surface area contributed by atoms with Gasteiger partial charge in [0.05, 0.1) is 11.6 Å². The van der Waals surface area contributed by atoms with Crippen LogP contribution in [0, 0.1) is 24.2 Å². The quantitative estimate of drug-likeness (QED) is 0.411. The van der Waals surface area contributed by atoms with Crippen molar-refractivity contribution in [3.8, 4) is 23.3 Å². The summed E-state index contributed by atoms with van der Waals surface area (Å²) in [4.78, 5) is 2.50. The lowest BCUT2D eigenvalue weighted by Gasteiger charge is -2.32. The highest BCUT2D eigenvalue weighted by Gasteiger charge is 2.30. The molecule has 0 aliphatic carbocycles. The van der Waals surface area contributed by atoms with E-state index in [2.05, 4.69) is 43.9 Å². The molecule has 0 radical (unpaired) electrons. The summed E-state index contributed by atoms with van der Waals surface area (Å²) in [5, 5.41) is 19.5. The van der Waals surface area contributed by atoms with Crippen molar-refractivity contribution < 1.29 is 14.6 Å². The highest BCUT2D eigenvalue weighted by Crippen LogP contribution is 2.48. The molecule has 0 spiro atoms. The van der Waals surface area contributed by atoms with Gasteiger partial charge >= 0.3 is 0 Å².